The predicted octanol–water partition coefficient (Wildman–Crippen LogP) is 2.11. The van der Waals surface area contributed by atoms with Crippen molar-refractivity contribution in [2.24, 2.45) is 5.92 Å². The largest absolute Gasteiger partial charge is 0.454 e. The van der Waals surface area contributed by atoms with Crippen molar-refractivity contribution in [1.82, 2.24) is 14.8 Å². The van der Waals surface area contributed by atoms with Crippen LogP contribution >= 0.6 is 12.2 Å². The molecule has 2 bridgehead atoms. The number of aromatic nitrogens is 1. The first-order valence-corrected chi connectivity index (χ1v) is 10.3. The number of benzene rings is 1. The van der Waals surface area contributed by atoms with Crippen molar-refractivity contribution >= 4 is 29.3 Å². The van der Waals surface area contributed by atoms with E-state index in [1.54, 1.807) is 12.1 Å². The van der Waals surface area contributed by atoms with Crippen molar-refractivity contribution in [3.8, 4) is 11.5 Å². The predicted molar refractivity (Wildman–Crippen MR) is 115 cm³/mol. The lowest BCUT2D eigenvalue weighted by molar-refractivity contribution is -0.115. The normalized spacial score (nSPS) is 21.4. The summed E-state index contributed by atoms with van der Waals surface area (Å²) in [5, 5.41) is 3.23. The summed E-state index contributed by atoms with van der Waals surface area (Å²) in [6.07, 6.45) is 4.22. The van der Waals surface area contributed by atoms with Crippen LogP contribution in [0.3, 0.4) is 0 Å². The third kappa shape index (κ3) is 3.59. The minimum atomic E-state index is -0.273. The number of carbonyl (C=O) groups is 1. The number of likely N-dealkylation sites (tertiary alicyclic amines) is 1. The molecule has 1 saturated heterocycles. The molecule has 30 heavy (non-hydrogen) atoms. The molecule has 1 aromatic heterocycles. The van der Waals surface area contributed by atoms with Crippen LogP contribution < -0.4 is 20.3 Å². The molecule has 8 heteroatoms. The van der Waals surface area contributed by atoms with Crippen molar-refractivity contribution < 1.29 is 14.3 Å². The Bertz CT molecular complexity index is 1110. The van der Waals surface area contributed by atoms with Crippen LogP contribution in [-0.2, 0) is 11.3 Å². The van der Waals surface area contributed by atoms with Gasteiger partial charge in [0.05, 0.1) is 0 Å². The Morgan fingerprint density at radius 3 is 2.90 bits per heavy atom. The smallest absolute Gasteiger partial charge is 0.250 e. The molecule has 2 aromatic rings. The van der Waals surface area contributed by atoms with E-state index >= 15 is 0 Å². The zero-order valence-electron chi connectivity index (χ0n) is 16.2. The zero-order valence-corrected chi connectivity index (χ0v) is 17.1. The second-order valence-corrected chi connectivity index (χ2v) is 8.23. The van der Waals surface area contributed by atoms with E-state index < -0.39 is 0 Å². The molecule has 1 aromatic carbocycles. The molecule has 3 aliphatic heterocycles. The molecule has 1 unspecified atom stereocenters. The van der Waals surface area contributed by atoms with Crippen LogP contribution in [0.15, 0.2) is 47.3 Å². The number of nitrogens with zero attached hydrogens (tertiary/aromatic N) is 2. The van der Waals surface area contributed by atoms with Crippen LogP contribution in [0.4, 0.5) is 0 Å². The summed E-state index contributed by atoms with van der Waals surface area (Å²) in [6.45, 7) is 2.35. The summed E-state index contributed by atoms with van der Waals surface area (Å²) in [6, 6.07) is 11.0. The van der Waals surface area contributed by atoms with Crippen molar-refractivity contribution in [2.75, 3.05) is 19.9 Å². The second-order valence-electron chi connectivity index (χ2n) is 7.84. The van der Waals surface area contributed by atoms with Gasteiger partial charge in [0.2, 0.25) is 12.7 Å². The highest BCUT2D eigenvalue weighted by molar-refractivity contribution is 7.80. The van der Waals surface area contributed by atoms with Crippen molar-refractivity contribution in [1.29, 1.82) is 0 Å². The highest BCUT2D eigenvalue weighted by Crippen LogP contribution is 2.35. The molecule has 1 N–H and O–H groups in total. The number of nitrogens with one attached hydrogen (secondary N) is 1. The Morgan fingerprint density at radius 2 is 2.00 bits per heavy atom. The van der Waals surface area contributed by atoms with Crippen molar-refractivity contribution in [3.05, 3.63) is 64.1 Å². The van der Waals surface area contributed by atoms with E-state index in [1.807, 2.05) is 39.8 Å². The molecular weight excluding hydrogens is 402 g/mol. The molecule has 0 saturated carbocycles. The summed E-state index contributed by atoms with van der Waals surface area (Å²) < 4.78 is 12.5. The zero-order chi connectivity index (χ0) is 20.7. The Kier molecular flexibility index (Phi) is 4.78. The van der Waals surface area contributed by atoms with Crippen LogP contribution in [0, 0.1) is 5.92 Å². The van der Waals surface area contributed by atoms with Gasteiger partial charge in [0.1, 0.15) is 0 Å². The maximum Gasteiger partial charge on any atom is 0.250 e. The van der Waals surface area contributed by atoms with E-state index in [1.165, 1.54) is 6.08 Å². The first-order valence-electron chi connectivity index (χ1n) is 9.94. The van der Waals surface area contributed by atoms with Gasteiger partial charge in [-0.25, -0.2) is 0 Å². The highest BCUT2D eigenvalue weighted by atomic mass is 32.1. The molecule has 0 radical (unpaired) electrons. The number of piperidine rings is 1. The van der Waals surface area contributed by atoms with Gasteiger partial charge in [-0.2, -0.15) is 0 Å². The van der Waals surface area contributed by atoms with Crippen molar-refractivity contribution in [2.45, 2.75) is 18.9 Å². The van der Waals surface area contributed by atoms with Gasteiger partial charge in [0.15, 0.2) is 16.6 Å². The highest BCUT2D eigenvalue weighted by Gasteiger charge is 2.35. The summed E-state index contributed by atoms with van der Waals surface area (Å²) in [4.78, 5) is 26.6. The number of rotatable bonds is 2. The fourth-order valence-corrected chi connectivity index (χ4v) is 4.73. The Morgan fingerprint density at radius 1 is 1.13 bits per heavy atom. The molecular formula is C22H21N3O4S. The summed E-state index contributed by atoms with van der Waals surface area (Å²) in [5.41, 5.74) is 1.95. The maximum atomic E-state index is 12.4. The lowest BCUT2D eigenvalue weighted by atomic mass is 9.83. The van der Waals surface area contributed by atoms with Crippen LogP contribution in [0.1, 0.15) is 23.6 Å². The quantitative estimate of drug-likeness (QED) is 0.589. The molecule has 1 fully saturated rings. The first kappa shape index (κ1) is 18.9. The molecule has 1 amide bonds. The molecule has 0 spiro atoms. The van der Waals surface area contributed by atoms with Gasteiger partial charge in [-0.05, 0) is 54.4 Å². The monoisotopic (exact) mass is 423 g/mol. The minimum absolute atomic E-state index is 0.0557. The number of pyridine rings is 1. The fraction of sp³-hybridized carbons (Fsp3) is 0.318. The summed E-state index contributed by atoms with van der Waals surface area (Å²) in [5.74, 6) is 1.69. The van der Waals surface area contributed by atoms with Gasteiger partial charge in [0.25, 0.3) is 5.56 Å². The standard InChI is InChI=1S/C22H21N3O4S/c26-20(7-5-14-4-6-18-19(9-14)29-13-28-18)23-22(30)24-10-15-8-16(12-24)17-2-1-3-21(27)25(17)11-15/h1-7,9,15-16H,8,10-13H2,(H,23,26,30)/t15?,16-/m1/s1. The van der Waals surface area contributed by atoms with E-state index in [2.05, 4.69) is 5.32 Å². The maximum absolute atomic E-state index is 12.4. The van der Waals surface area contributed by atoms with Crippen LogP contribution in [0.2, 0.25) is 0 Å². The molecule has 154 valence electrons. The van der Waals surface area contributed by atoms with Crippen LogP contribution in [0.25, 0.3) is 6.08 Å². The lowest BCUT2D eigenvalue weighted by Gasteiger charge is -2.43. The van der Waals surface area contributed by atoms with Gasteiger partial charge in [-0.3, -0.25) is 14.9 Å². The first-order chi connectivity index (χ1) is 14.6. The number of hydrogen-bond donors (Lipinski definition) is 1. The Hall–Kier alpha value is -3.13. The minimum Gasteiger partial charge on any atom is -0.454 e. The second kappa shape index (κ2) is 7.60. The molecule has 0 aliphatic carbocycles. The summed E-state index contributed by atoms with van der Waals surface area (Å²) >= 11 is 5.50. The fourth-order valence-electron chi connectivity index (χ4n) is 4.48. The molecule has 7 nitrogen and oxygen atoms in total. The number of hydrogen-bond acceptors (Lipinski definition) is 5. The Balaban J connectivity index is 1.23. The average Bonchev–Trinajstić information content (AvgIpc) is 3.21. The van der Waals surface area contributed by atoms with E-state index in [0.29, 0.717) is 35.6 Å². The van der Waals surface area contributed by atoms with E-state index in [-0.39, 0.29) is 24.2 Å². The third-order valence-electron chi connectivity index (χ3n) is 5.82. The van der Waals surface area contributed by atoms with E-state index in [9.17, 15) is 9.59 Å². The molecule has 3 aliphatic rings. The van der Waals surface area contributed by atoms with Crippen LogP contribution in [0.5, 0.6) is 11.5 Å². The van der Waals surface area contributed by atoms with Crippen molar-refractivity contribution in [3.63, 3.8) is 0 Å². The van der Waals surface area contributed by atoms with E-state index in [4.69, 9.17) is 21.7 Å². The lowest BCUT2D eigenvalue weighted by Crippen LogP contribution is -2.52. The van der Waals surface area contributed by atoms with Gasteiger partial charge >= 0.3 is 0 Å². The van der Waals surface area contributed by atoms with Gasteiger partial charge < -0.3 is 18.9 Å². The third-order valence-corrected chi connectivity index (χ3v) is 6.18. The number of amides is 1. The number of carbonyl (C=O) groups excluding carboxylic acids is 1. The van der Waals surface area contributed by atoms with Gasteiger partial charge in [-0.1, -0.05) is 12.1 Å². The van der Waals surface area contributed by atoms with E-state index in [0.717, 1.165) is 24.2 Å². The number of thiocarbonyl (C=S) groups is 1. The molecule has 4 heterocycles. The summed E-state index contributed by atoms with van der Waals surface area (Å²) in [7, 11) is 0. The number of fused-ring (bicyclic) bond motifs is 5. The van der Waals surface area contributed by atoms with Gasteiger partial charge in [-0.15, -0.1) is 0 Å². The average molecular weight is 423 g/mol. The molecule has 5 rings (SSSR count). The number of ether oxygens (including phenoxy) is 2. The molecule has 2 atom stereocenters. The SMILES string of the molecule is O=C(C=Cc1ccc2c(c1)OCO2)NC(=S)N1CC2C[C@H](C1)c1cccc(=O)n1C2. The van der Waals surface area contributed by atoms with Gasteiger partial charge in [0, 0.05) is 43.4 Å². The topological polar surface area (TPSA) is 72.8 Å². The van der Waals surface area contributed by atoms with Crippen LogP contribution in [-0.4, -0.2) is 40.4 Å². The Labute approximate surface area is 178 Å².